The topological polar surface area (TPSA) is 46.9 Å². The van der Waals surface area contributed by atoms with E-state index in [1.165, 1.54) is 22.0 Å². The molecular weight excluding hydrogens is 298 g/mol. The summed E-state index contributed by atoms with van der Waals surface area (Å²) in [6.45, 7) is 5.21. The van der Waals surface area contributed by atoms with Crippen LogP contribution in [0.3, 0.4) is 0 Å². The summed E-state index contributed by atoms with van der Waals surface area (Å²) in [4.78, 5) is 11.5. The summed E-state index contributed by atoms with van der Waals surface area (Å²) >= 11 is 0. The van der Waals surface area contributed by atoms with E-state index in [-0.39, 0.29) is 5.91 Å². The van der Waals surface area contributed by atoms with Crippen molar-refractivity contribution in [2.75, 3.05) is 5.32 Å². The number of carbonyl (C=O) groups is 1. The second kappa shape index (κ2) is 5.78. The average Bonchev–Trinajstić information content (AvgIpc) is 3.16. The maximum absolute atomic E-state index is 11.5. The lowest BCUT2D eigenvalue weighted by atomic mass is 9.98. The van der Waals surface area contributed by atoms with Gasteiger partial charge < -0.3 is 5.32 Å². The van der Waals surface area contributed by atoms with Crippen LogP contribution in [-0.4, -0.2) is 15.7 Å². The number of rotatable bonds is 4. The molecule has 1 atom stereocenters. The van der Waals surface area contributed by atoms with Gasteiger partial charge in [-0.25, -0.2) is 0 Å². The van der Waals surface area contributed by atoms with E-state index in [1.807, 2.05) is 12.3 Å². The third-order valence-corrected chi connectivity index (χ3v) is 4.89. The van der Waals surface area contributed by atoms with E-state index in [0.717, 1.165) is 24.2 Å². The fourth-order valence-electron chi connectivity index (χ4n) is 3.40. The van der Waals surface area contributed by atoms with Crippen LogP contribution in [0.4, 0.5) is 5.69 Å². The minimum atomic E-state index is 0.0833. The summed E-state index contributed by atoms with van der Waals surface area (Å²) in [5.74, 6) is 0.416. The highest BCUT2D eigenvalue weighted by molar-refractivity contribution is 5.99. The molecule has 1 aliphatic rings. The fourth-order valence-corrected chi connectivity index (χ4v) is 3.40. The molecule has 122 valence electrons. The number of hydrogen-bond acceptors (Lipinski definition) is 2. The highest BCUT2D eigenvalue weighted by Gasteiger charge is 2.19. The van der Waals surface area contributed by atoms with Crippen LogP contribution in [-0.2, 0) is 24.2 Å². The number of benzene rings is 2. The molecule has 2 heterocycles. The van der Waals surface area contributed by atoms with Crippen LogP contribution in [0.5, 0.6) is 0 Å². The summed E-state index contributed by atoms with van der Waals surface area (Å²) in [6, 6.07) is 12.8. The van der Waals surface area contributed by atoms with E-state index in [0.29, 0.717) is 12.3 Å². The molecule has 1 aromatic heterocycles. The molecule has 4 heteroatoms. The van der Waals surface area contributed by atoms with Gasteiger partial charge in [0.2, 0.25) is 5.91 Å². The lowest BCUT2D eigenvalue weighted by Gasteiger charge is -2.14. The Bertz CT molecular complexity index is 926. The standard InChI is InChI=1S/C20H21N3O/c1-3-14-4-5-16-11-21-23(19(16)8-14)12-13(2)15-6-7-18-17(9-15)10-20(24)22-18/h4-9,11,13H,3,10,12H2,1-2H3,(H,22,24)/t13-/m0/s1. The molecule has 3 aromatic rings. The molecule has 4 nitrogen and oxygen atoms in total. The van der Waals surface area contributed by atoms with Gasteiger partial charge in [0.1, 0.15) is 0 Å². The van der Waals surface area contributed by atoms with Gasteiger partial charge in [-0.3, -0.25) is 9.48 Å². The molecule has 0 unspecified atom stereocenters. The van der Waals surface area contributed by atoms with Crippen molar-refractivity contribution in [2.24, 2.45) is 0 Å². The van der Waals surface area contributed by atoms with Gasteiger partial charge in [-0.05, 0) is 35.2 Å². The molecule has 2 aromatic carbocycles. The van der Waals surface area contributed by atoms with Crippen molar-refractivity contribution in [3.63, 3.8) is 0 Å². The SMILES string of the molecule is CCc1ccc2cnn(C[C@H](C)c3ccc4c(c3)CC(=O)N4)c2c1. The molecule has 24 heavy (non-hydrogen) atoms. The van der Waals surface area contributed by atoms with E-state index < -0.39 is 0 Å². The third-order valence-electron chi connectivity index (χ3n) is 4.89. The van der Waals surface area contributed by atoms with Crippen molar-refractivity contribution in [2.45, 2.75) is 39.2 Å². The number of aromatic nitrogens is 2. The van der Waals surface area contributed by atoms with Gasteiger partial charge in [0.15, 0.2) is 0 Å². The van der Waals surface area contributed by atoms with Crippen LogP contribution < -0.4 is 5.32 Å². The minimum Gasteiger partial charge on any atom is -0.326 e. The Morgan fingerprint density at radius 1 is 1.25 bits per heavy atom. The molecule has 0 fully saturated rings. The Morgan fingerprint density at radius 2 is 2.12 bits per heavy atom. The van der Waals surface area contributed by atoms with Gasteiger partial charge in [0, 0.05) is 23.5 Å². The van der Waals surface area contributed by atoms with Gasteiger partial charge >= 0.3 is 0 Å². The lowest BCUT2D eigenvalue weighted by molar-refractivity contribution is -0.115. The van der Waals surface area contributed by atoms with E-state index >= 15 is 0 Å². The van der Waals surface area contributed by atoms with E-state index in [2.05, 4.69) is 59.3 Å². The first-order valence-electron chi connectivity index (χ1n) is 8.51. The number of carbonyl (C=O) groups excluding carboxylic acids is 1. The summed E-state index contributed by atoms with van der Waals surface area (Å²) in [7, 11) is 0. The minimum absolute atomic E-state index is 0.0833. The number of anilines is 1. The molecule has 1 N–H and O–H groups in total. The Labute approximate surface area is 141 Å². The molecule has 4 rings (SSSR count). The molecule has 0 saturated carbocycles. The zero-order valence-corrected chi connectivity index (χ0v) is 14.0. The Balaban J connectivity index is 1.61. The van der Waals surface area contributed by atoms with E-state index in [1.54, 1.807) is 0 Å². The predicted molar refractivity (Wildman–Crippen MR) is 96.3 cm³/mol. The highest BCUT2D eigenvalue weighted by atomic mass is 16.1. The van der Waals surface area contributed by atoms with E-state index in [9.17, 15) is 4.79 Å². The number of amides is 1. The fraction of sp³-hybridized carbons (Fsp3) is 0.300. The number of nitrogens with zero attached hydrogens (tertiary/aromatic N) is 2. The van der Waals surface area contributed by atoms with Gasteiger partial charge in [0.25, 0.3) is 0 Å². The number of fused-ring (bicyclic) bond motifs is 2. The Morgan fingerprint density at radius 3 is 2.96 bits per heavy atom. The molecule has 0 bridgehead atoms. The molecule has 0 saturated heterocycles. The normalized spacial score (nSPS) is 14.7. The monoisotopic (exact) mass is 319 g/mol. The van der Waals surface area contributed by atoms with Crippen molar-refractivity contribution in [3.8, 4) is 0 Å². The quantitative estimate of drug-likeness (QED) is 0.793. The maximum Gasteiger partial charge on any atom is 0.228 e. The number of aryl methyl sites for hydroxylation is 1. The molecule has 1 amide bonds. The summed E-state index contributed by atoms with van der Waals surface area (Å²) in [5.41, 5.74) is 5.83. The van der Waals surface area contributed by atoms with Gasteiger partial charge in [0.05, 0.1) is 18.1 Å². The van der Waals surface area contributed by atoms with Gasteiger partial charge in [-0.1, -0.05) is 38.1 Å². The average molecular weight is 319 g/mol. The zero-order valence-electron chi connectivity index (χ0n) is 14.0. The van der Waals surface area contributed by atoms with E-state index in [4.69, 9.17) is 0 Å². The van der Waals surface area contributed by atoms with Crippen molar-refractivity contribution < 1.29 is 4.79 Å². The van der Waals surface area contributed by atoms with Crippen LogP contribution >= 0.6 is 0 Å². The molecular formula is C20H21N3O. The number of nitrogens with one attached hydrogen (secondary N) is 1. The van der Waals surface area contributed by atoms with Crippen molar-refractivity contribution >= 4 is 22.5 Å². The van der Waals surface area contributed by atoms with Crippen molar-refractivity contribution in [3.05, 3.63) is 59.3 Å². The van der Waals surface area contributed by atoms with Crippen molar-refractivity contribution in [1.82, 2.24) is 9.78 Å². The summed E-state index contributed by atoms with van der Waals surface area (Å²) in [5, 5.41) is 8.64. The highest BCUT2D eigenvalue weighted by Crippen LogP contribution is 2.28. The lowest BCUT2D eigenvalue weighted by Crippen LogP contribution is -2.08. The van der Waals surface area contributed by atoms with Crippen LogP contribution in [0, 0.1) is 0 Å². The first-order chi connectivity index (χ1) is 11.6. The van der Waals surface area contributed by atoms with Crippen LogP contribution in [0.1, 0.15) is 36.5 Å². The second-order valence-corrected chi connectivity index (χ2v) is 6.62. The van der Waals surface area contributed by atoms with Crippen molar-refractivity contribution in [1.29, 1.82) is 0 Å². The molecule has 0 spiro atoms. The number of hydrogen-bond donors (Lipinski definition) is 1. The first kappa shape index (κ1) is 14.9. The third kappa shape index (κ3) is 2.58. The molecule has 0 radical (unpaired) electrons. The predicted octanol–water partition coefficient (Wildman–Crippen LogP) is 3.90. The Hall–Kier alpha value is -2.62. The second-order valence-electron chi connectivity index (χ2n) is 6.62. The molecule has 0 aliphatic carbocycles. The van der Waals surface area contributed by atoms with Crippen LogP contribution in [0.2, 0.25) is 0 Å². The van der Waals surface area contributed by atoms with Crippen LogP contribution in [0.15, 0.2) is 42.6 Å². The van der Waals surface area contributed by atoms with Gasteiger partial charge in [-0.2, -0.15) is 5.10 Å². The summed E-state index contributed by atoms with van der Waals surface area (Å²) < 4.78 is 2.09. The summed E-state index contributed by atoms with van der Waals surface area (Å²) in [6.07, 6.45) is 3.45. The smallest absolute Gasteiger partial charge is 0.228 e. The Kier molecular flexibility index (Phi) is 3.60. The first-order valence-corrected chi connectivity index (χ1v) is 8.51. The zero-order chi connectivity index (χ0) is 16.7. The molecule has 1 aliphatic heterocycles. The van der Waals surface area contributed by atoms with Crippen LogP contribution in [0.25, 0.3) is 10.9 Å². The maximum atomic E-state index is 11.5. The van der Waals surface area contributed by atoms with Gasteiger partial charge in [-0.15, -0.1) is 0 Å². The largest absolute Gasteiger partial charge is 0.326 e.